The molecule has 2 amide bonds. The SMILES string of the molecule is CN1C(=O)[C@](CCC2CCCCC2)(CC2CCCN(C(=O)c3ccccc3)C2)N=C1N. The molecule has 4 rings (SSSR count). The summed E-state index contributed by atoms with van der Waals surface area (Å²) in [5.74, 6) is 1.41. The van der Waals surface area contributed by atoms with Gasteiger partial charge in [-0.15, -0.1) is 0 Å². The molecule has 3 aliphatic rings. The minimum Gasteiger partial charge on any atom is -0.369 e. The number of rotatable bonds is 6. The number of benzene rings is 1. The maximum atomic E-state index is 13.3. The van der Waals surface area contributed by atoms with E-state index in [9.17, 15) is 9.59 Å². The lowest BCUT2D eigenvalue weighted by Crippen LogP contribution is -2.46. The van der Waals surface area contributed by atoms with Crippen LogP contribution in [-0.4, -0.2) is 53.2 Å². The number of nitrogens with zero attached hydrogens (tertiary/aromatic N) is 3. The fourth-order valence-corrected chi connectivity index (χ4v) is 5.73. The third-order valence-electron chi connectivity index (χ3n) is 7.52. The van der Waals surface area contributed by atoms with Gasteiger partial charge in [-0.05, 0) is 56.1 Å². The maximum Gasteiger partial charge on any atom is 0.257 e. The van der Waals surface area contributed by atoms with Crippen LogP contribution >= 0.6 is 0 Å². The smallest absolute Gasteiger partial charge is 0.257 e. The Balaban J connectivity index is 1.46. The summed E-state index contributed by atoms with van der Waals surface area (Å²) in [5, 5.41) is 0. The highest BCUT2D eigenvalue weighted by Gasteiger charge is 2.48. The largest absolute Gasteiger partial charge is 0.369 e. The topological polar surface area (TPSA) is 79.0 Å². The van der Waals surface area contributed by atoms with Crippen LogP contribution in [-0.2, 0) is 4.79 Å². The molecule has 0 aromatic heterocycles. The van der Waals surface area contributed by atoms with Gasteiger partial charge in [0.15, 0.2) is 5.96 Å². The summed E-state index contributed by atoms with van der Waals surface area (Å²) in [5.41, 5.74) is 6.08. The first-order valence-electron chi connectivity index (χ1n) is 12.0. The first-order valence-corrected chi connectivity index (χ1v) is 12.0. The van der Waals surface area contributed by atoms with Gasteiger partial charge in [0, 0.05) is 25.7 Å². The fourth-order valence-electron chi connectivity index (χ4n) is 5.73. The molecule has 0 bridgehead atoms. The predicted octanol–water partition coefficient (Wildman–Crippen LogP) is 3.81. The van der Waals surface area contributed by atoms with Gasteiger partial charge < -0.3 is 10.6 Å². The number of guanidine groups is 1. The lowest BCUT2D eigenvalue weighted by Gasteiger charge is -2.37. The monoisotopic (exact) mass is 424 g/mol. The first-order chi connectivity index (χ1) is 15.0. The fraction of sp³-hybridized carbons (Fsp3) is 0.640. The molecule has 168 valence electrons. The van der Waals surface area contributed by atoms with Crippen LogP contribution in [0.25, 0.3) is 0 Å². The molecule has 2 atom stereocenters. The van der Waals surface area contributed by atoms with E-state index in [0.29, 0.717) is 24.8 Å². The van der Waals surface area contributed by atoms with Gasteiger partial charge in [-0.25, -0.2) is 4.99 Å². The molecule has 2 N–H and O–H groups in total. The molecule has 1 unspecified atom stereocenters. The number of piperidine rings is 1. The summed E-state index contributed by atoms with van der Waals surface area (Å²) in [6.45, 7) is 1.46. The lowest BCUT2D eigenvalue weighted by atomic mass is 9.77. The van der Waals surface area contributed by atoms with E-state index in [4.69, 9.17) is 10.7 Å². The first kappa shape index (κ1) is 21.8. The van der Waals surface area contributed by atoms with Crippen LogP contribution in [0.1, 0.15) is 74.6 Å². The van der Waals surface area contributed by atoms with Crippen molar-refractivity contribution in [2.45, 2.75) is 69.7 Å². The van der Waals surface area contributed by atoms with E-state index in [1.165, 1.54) is 37.0 Å². The molecule has 1 saturated heterocycles. The number of carbonyl (C=O) groups excluding carboxylic acids is 2. The number of aliphatic imine (C=N–C) groups is 1. The van der Waals surface area contributed by atoms with Crippen molar-refractivity contribution in [3.8, 4) is 0 Å². The van der Waals surface area contributed by atoms with Gasteiger partial charge in [0.05, 0.1) is 0 Å². The van der Waals surface area contributed by atoms with Crippen molar-refractivity contribution in [1.82, 2.24) is 9.80 Å². The summed E-state index contributed by atoms with van der Waals surface area (Å²) < 4.78 is 0. The molecule has 1 aliphatic carbocycles. The van der Waals surface area contributed by atoms with Crippen LogP contribution in [0.5, 0.6) is 0 Å². The van der Waals surface area contributed by atoms with Gasteiger partial charge in [0.2, 0.25) is 0 Å². The summed E-state index contributed by atoms with van der Waals surface area (Å²) in [6, 6.07) is 9.48. The summed E-state index contributed by atoms with van der Waals surface area (Å²) >= 11 is 0. The number of carbonyl (C=O) groups is 2. The molecule has 6 heteroatoms. The molecular weight excluding hydrogens is 388 g/mol. The Morgan fingerprint density at radius 2 is 1.81 bits per heavy atom. The Kier molecular flexibility index (Phi) is 6.63. The molecule has 0 spiro atoms. The molecule has 2 fully saturated rings. The number of likely N-dealkylation sites (N-methyl/N-ethyl adjacent to an activating group) is 1. The van der Waals surface area contributed by atoms with Gasteiger partial charge in [-0.3, -0.25) is 14.5 Å². The summed E-state index contributed by atoms with van der Waals surface area (Å²) in [6.07, 6.45) is 10.9. The molecule has 6 nitrogen and oxygen atoms in total. The second kappa shape index (κ2) is 9.41. The second-order valence-electron chi connectivity index (χ2n) is 9.74. The highest BCUT2D eigenvalue weighted by atomic mass is 16.2. The zero-order valence-electron chi connectivity index (χ0n) is 18.8. The predicted molar refractivity (Wildman–Crippen MR) is 123 cm³/mol. The van der Waals surface area contributed by atoms with Gasteiger partial charge in [-0.2, -0.15) is 0 Å². The molecule has 31 heavy (non-hydrogen) atoms. The maximum absolute atomic E-state index is 13.3. The molecule has 1 aromatic rings. The molecule has 2 aliphatic heterocycles. The van der Waals surface area contributed by atoms with Gasteiger partial charge in [0.1, 0.15) is 5.54 Å². The minimum atomic E-state index is -0.750. The Hall–Kier alpha value is -2.37. The Bertz CT molecular complexity index is 818. The third kappa shape index (κ3) is 4.78. The number of hydrogen-bond donors (Lipinski definition) is 1. The van der Waals surface area contributed by atoms with E-state index < -0.39 is 5.54 Å². The van der Waals surface area contributed by atoms with Crippen LogP contribution < -0.4 is 5.73 Å². The van der Waals surface area contributed by atoms with E-state index in [-0.39, 0.29) is 17.7 Å². The van der Waals surface area contributed by atoms with Gasteiger partial charge >= 0.3 is 0 Å². The quantitative estimate of drug-likeness (QED) is 0.754. The van der Waals surface area contributed by atoms with Gasteiger partial charge in [0.25, 0.3) is 11.8 Å². The zero-order valence-corrected chi connectivity index (χ0v) is 18.8. The minimum absolute atomic E-state index is 0.0346. The highest BCUT2D eigenvalue weighted by Crippen LogP contribution is 2.39. The average Bonchev–Trinajstić information content (AvgIpc) is 3.02. The van der Waals surface area contributed by atoms with E-state index in [1.807, 2.05) is 35.2 Å². The van der Waals surface area contributed by atoms with Crippen molar-refractivity contribution in [1.29, 1.82) is 0 Å². The van der Waals surface area contributed by atoms with Crippen LogP contribution in [0.3, 0.4) is 0 Å². The van der Waals surface area contributed by atoms with E-state index in [2.05, 4.69) is 0 Å². The van der Waals surface area contributed by atoms with Crippen LogP contribution in [0.2, 0.25) is 0 Å². The number of amides is 2. The Labute approximate surface area is 185 Å². The molecule has 1 saturated carbocycles. The van der Waals surface area contributed by atoms with E-state index >= 15 is 0 Å². The normalized spacial score (nSPS) is 27.5. The molecule has 0 radical (unpaired) electrons. The van der Waals surface area contributed by atoms with Crippen LogP contribution in [0, 0.1) is 11.8 Å². The van der Waals surface area contributed by atoms with Crippen LogP contribution in [0.15, 0.2) is 35.3 Å². The van der Waals surface area contributed by atoms with Crippen molar-refractivity contribution < 1.29 is 9.59 Å². The Morgan fingerprint density at radius 3 is 2.48 bits per heavy atom. The standard InChI is InChI=1S/C25H36N4O2/c1-28-23(31)25(27-24(28)26,15-14-19-9-4-2-5-10-19)17-20-11-8-16-29(18-20)22(30)21-12-6-3-7-13-21/h3,6-7,12-13,19-20H,2,4-5,8-11,14-18H2,1H3,(H2,26,27)/t20?,25-/m0/s1. The zero-order chi connectivity index (χ0) is 21.8. The van der Waals surface area contributed by atoms with E-state index in [0.717, 1.165) is 37.8 Å². The van der Waals surface area contributed by atoms with E-state index in [1.54, 1.807) is 7.05 Å². The van der Waals surface area contributed by atoms with Crippen molar-refractivity contribution in [2.24, 2.45) is 22.6 Å². The number of likely N-dealkylation sites (tertiary alicyclic amines) is 1. The lowest BCUT2D eigenvalue weighted by molar-refractivity contribution is -0.131. The number of nitrogens with two attached hydrogens (primary N) is 1. The summed E-state index contributed by atoms with van der Waals surface area (Å²) in [7, 11) is 1.73. The average molecular weight is 425 g/mol. The number of hydrogen-bond acceptors (Lipinski definition) is 4. The van der Waals surface area contributed by atoms with Gasteiger partial charge in [-0.1, -0.05) is 50.3 Å². The van der Waals surface area contributed by atoms with Crippen molar-refractivity contribution >= 4 is 17.8 Å². The highest BCUT2D eigenvalue weighted by molar-refractivity contribution is 6.06. The molecule has 2 heterocycles. The third-order valence-corrected chi connectivity index (χ3v) is 7.52. The van der Waals surface area contributed by atoms with Crippen molar-refractivity contribution in [3.63, 3.8) is 0 Å². The van der Waals surface area contributed by atoms with Crippen molar-refractivity contribution in [3.05, 3.63) is 35.9 Å². The molecule has 1 aromatic carbocycles. The molecular formula is C25H36N4O2. The van der Waals surface area contributed by atoms with Crippen molar-refractivity contribution in [2.75, 3.05) is 20.1 Å². The Morgan fingerprint density at radius 1 is 1.10 bits per heavy atom. The van der Waals surface area contributed by atoms with Crippen LogP contribution in [0.4, 0.5) is 0 Å². The second-order valence-corrected chi connectivity index (χ2v) is 9.74. The summed E-state index contributed by atoms with van der Waals surface area (Å²) in [4.78, 5) is 34.5.